The SMILES string of the molecule is CS(=O)c1ccc(C[n+]2cccc3ccccc32)cc1. The third-order valence-corrected chi connectivity index (χ3v) is 4.33. The molecule has 2 nitrogen and oxygen atoms in total. The predicted octanol–water partition coefficient (Wildman–Crippen LogP) is 2.91. The van der Waals surface area contributed by atoms with E-state index in [1.165, 1.54) is 16.5 Å². The van der Waals surface area contributed by atoms with Crippen molar-refractivity contribution in [3.8, 4) is 0 Å². The minimum Gasteiger partial charge on any atom is -0.255 e. The fourth-order valence-electron chi connectivity index (χ4n) is 2.34. The number of pyridine rings is 1. The number of rotatable bonds is 3. The van der Waals surface area contributed by atoms with Crippen LogP contribution in [-0.2, 0) is 17.3 Å². The molecule has 0 aliphatic carbocycles. The molecule has 0 saturated carbocycles. The first kappa shape index (κ1) is 13.0. The molecular weight excluding hydrogens is 266 g/mol. The van der Waals surface area contributed by atoms with Gasteiger partial charge in [0.2, 0.25) is 5.52 Å². The molecule has 0 fully saturated rings. The highest BCUT2D eigenvalue weighted by molar-refractivity contribution is 7.84. The molecule has 0 saturated heterocycles. The zero-order valence-electron chi connectivity index (χ0n) is 11.3. The molecule has 1 unspecified atom stereocenters. The molecule has 3 rings (SSSR count). The van der Waals surface area contributed by atoms with Crippen LogP contribution in [0.1, 0.15) is 5.56 Å². The Bertz CT molecular complexity index is 760. The van der Waals surface area contributed by atoms with Gasteiger partial charge in [-0.05, 0) is 24.3 Å². The maximum absolute atomic E-state index is 11.4. The molecule has 0 N–H and O–H groups in total. The molecule has 0 amide bonds. The number of hydrogen-bond acceptors (Lipinski definition) is 1. The zero-order valence-corrected chi connectivity index (χ0v) is 12.1. The van der Waals surface area contributed by atoms with Gasteiger partial charge in [0, 0.05) is 45.0 Å². The van der Waals surface area contributed by atoms with E-state index in [-0.39, 0.29) is 0 Å². The summed E-state index contributed by atoms with van der Waals surface area (Å²) in [4.78, 5) is 0.872. The second-order valence-corrected chi connectivity index (χ2v) is 6.17. The van der Waals surface area contributed by atoms with Gasteiger partial charge in [-0.15, -0.1) is 0 Å². The van der Waals surface area contributed by atoms with Crippen LogP contribution in [0.5, 0.6) is 0 Å². The van der Waals surface area contributed by atoms with Gasteiger partial charge in [0.25, 0.3) is 0 Å². The normalized spacial score (nSPS) is 12.4. The lowest BCUT2D eigenvalue weighted by Crippen LogP contribution is -2.34. The monoisotopic (exact) mass is 282 g/mol. The van der Waals surface area contributed by atoms with Crippen LogP contribution in [0.15, 0.2) is 71.8 Å². The van der Waals surface area contributed by atoms with Crippen molar-refractivity contribution in [1.82, 2.24) is 0 Å². The molecule has 3 aromatic rings. The Morgan fingerprint density at radius 1 is 0.950 bits per heavy atom. The summed E-state index contributed by atoms with van der Waals surface area (Å²) in [5.74, 6) is 0. The van der Waals surface area contributed by atoms with E-state index in [2.05, 4.69) is 47.2 Å². The zero-order chi connectivity index (χ0) is 13.9. The van der Waals surface area contributed by atoms with E-state index >= 15 is 0 Å². The van der Waals surface area contributed by atoms with Crippen LogP contribution in [-0.4, -0.2) is 10.5 Å². The van der Waals surface area contributed by atoms with Gasteiger partial charge < -0.3 is 0 Å². The number of nitrogens with zero attached hydrogens (tertiary/aromatic N) is 1. The molecule has 0 spiro atoms. The molecule has 20 heavy (non-hydrogen) atoms. The van der Waals surface area contributed by atoms with Gasteiger partial charge in [-0.2, -0.15) is 4.57 Å². The Hall–Kier alpha value is -2.00. The Kier molecular flexibility index (Phi) is 3.61. The number of hydrogen-bond donors (Lipinski definition) is 0. The quantitative estimate of drug-likeness (QED) is 0.677. The van der Waals surface area contributed by atoms with E-state index in [1.54, 1.807) is 6.26 Å². The summed E-state index contributed by atoms with van der Waals surface area (Å²) in [6, 6.07) is 20.5. The van der Waals surface area contributed by atoms with Crippen molar-refractivity contribution in [2.45, 2.75) is 11.4 Å². The van der Waals surface area contributed by atoms with E-state index < -0.39 is 10.8 Å². The number of aromatic nitrogens is 1. The molecule has 0 aliphatic heterocycles. The van der Waals surface area contributed by atoms with Gasteiger partial charge in [-0.25, -0.2) is 0 Å². The lowest BCUT2D eigenvalue weighted by Gasteiger charge is -2.02. The van der Waals surface area contributed by atoms with E-state index in [4.69, 9.17) is 0 Å². The Morgan fingerprint density at radius 2 is 1.65 bits per heavy atom. The van der Waals surface area contributed by atoms with Gasteiger partial charge in [0.15, 0.2) is 12.7 Å². The van der Waals surface area contributed by atoms with Gasteiger partial charge >= 0.3 is 0 Å². The van der Waals surface area contributed by atoms with Crippen LogP contribution in [0.25, 0.3) is 10.9 Å². The molecule has 3 heteroatoms. The summed E-state index contributed by atoms with van der Waals surface area (Å²) in [6.45, 7) is 0.817. The van der Waals surface area contributed by atoms with Crippen molar-refractivity contribution in [1.29, 1.82) is 0 Å². The summed E-state index contributed by atoms with van der Waals surface area (Å²) in [7, 11) is -0.913. The summed E-state index contributed by atoms with van der Waals surface area (Å²) in [5.41, 5.74) is 2.43. The lowest BCUT2D eigenvalue weighted by molar-refractivity contribution is -0.662. The van der Waals surface area contributed by atoms with Crippen LogP contribution in [0, 0.1) is 0 Å². The fourth-order valence-corrected chi connectivity index (χ4v) is 2.86. The highest BCUT2D eigenvalue weighted by Gasteiger charge is 2.08. The average Bonchev–Trinajstić information content (AvgIpc) is 2.48. The molecule has 0 radical (unpaired) electrons. The highest BCUT2D eigenvalue weighted by Crippen LogP contribution is 2.11. The average molecular weight is 282 g/mol. The molecule has 0 aliphatic rings. The Labute approximate surface area is 121 Å². The van der Waals surface area contributed by atoms with Gasteiger partial charge in [0.05, 0.1) is 0 Å². The van der Waals surface area contributed by atoms with Gasteiger partial charge in [-0.1, -0.05) is 24.3 Å². The minimum atomic E-state index is -0.913. The van der Waals surface area contributed by atoms with E-state index in [1.807, 2.05) is 24.3 Å². The fraction of sp³-hybridized carbons (Fsp3) is 0.118. The van der Waals surface area contributed by atoms with Crippen LogP contribution in [0.3, 0.4) is 0 Å². The standard InChI is InChI=1S/C17H16NOS/c1-20(19)16-10-8-14(9-11-16)13-18-12-4-6-15-5-2-3-7-17(15)18/h2-12H,13H2,1H3/q+1. The van der Waals surface area contributed by atoms with E-state index in [0.717, 1.165) is 11.4 Å². The molecule has 0 bridgehead atoms. The second-order valence-electron chi connectivity index (χ2n) is 4.79. The van der Waals surface area contributed by atoms with Crippen LogP contribution in [0.4, 0.5) is 0 Å². The van der Waals surface area contributed by atoms with Gasteiger partial charge in [0.1, 0.15) is 0 Å². The Balaban J connectivity index is 1.95. The Morgan fingerprint density at radius 3 is 2.40 bits per heavy atom. The van der Waals surface area contributed by atoms with Gasteiger partial charge in [-0.3, -0.25) is 4.21 Å². The van der Waals surface area contributed by atoms with Crippen LogP contribution < -0.4 is 4.57 Å². The number of para-hydroxylation sites is 1. The maximum atomic E-state index is 11.4. The highest BCUT2D eigenvalue weighted by atomic mass is 32.2. The summed E-state index contributed by atoms with van der Waals surface area (Å²) in [6.07, 6.45) is 3.79. The van der Waals surface area contributed by atoms with Crippen LogP contribution in [0.2, 0.25) is 0 Å². The first-order valence-corrected chi connectivity index (χ1v) is 8.09. The predicted molar refractivity (Wildman–Crippen MR) is 82.0 cm³/mol. The smallest absolute Gasteiger partial charge is 0.212 e. The van der Waals surface area contributed by atoms with Crippen molar-refractivity contribution in [3.05, 3.63) is 72.4 Å². The third kappa shape index (κ3) is 2.63. The molecule has 1 heterocycles. The molecule has 2 aromatic carbocycles. The molecule has 1 aromatic heterocycles. The van der Waals surface area contributed by atoms with E-state index in [9.17, 15) is 4.21 Å². The van der Waals surface area contributed by atoms with Crippen molar-refractivity contribution in [2.24, 2.45) is 0 Å². The molecule has 1 atom stereocenters. The second kappa shape index (κ2) is 5.55. The summed E-state index contributed by atoms with van der Waals surface area (Å²) < 4.78 is 13.6. The molecular formula is C17H16NOS+. The molecule has 100 valence electrons. The maximum Gasteiger partial charge on any atom is 0.212 e. The van der Waals surface area contributed by atoms with Crippen LogP contribution >= 0.6 is 0 Å². The first-order chi connectivity index (χ1) is 9.74. The number of benzene rings is 2. The minimum absolute atomic E-state index is 0.817. The van der Waals surface area contributed by atoms with Crippen molar-refractivity contribution in [3.63, 3.8) is 0 Å². The van der Waals surface area contributed by atoms with Crippen molar-refractivity contribution in [2.75, 3.05) is 6.26 Å². The number of fused-ring (bicyclic) bond motifs is 1. The third-order valence-electron chi connectivity index (χ3n) is 3.40. The summed E-state index contributed by atoms with van der Waals surface area (Å²) in [5, 5.41) is 1.24. The topological polar surface area (TPSA) is 20.9 Å². The first-order valence-electron chi connectivity index (χ1n) is 6.53. The van der Waals surface area contributed by atoms with E-state index in [0.29, 0.717) is 0 Å². The van der Waals surface area contributed by atoms with Crippen molar-refractivity contribution >= 4 is 21.7 Å². The lowest BCUT2D eigenvalue weighted by atomic mass is 10.2. The van der Waals surface area contributed by atoms with Crippen molar-refractivity contribution < 1.29 is 8.78 Å². The summed E-state index contributed by atoms with van der Waals surface area (Å²) >= 11 is 0. The largest absolute Gasteiger partial charge is 0.255 e.